The normalized spacial score (nSPS) is 21.8. The molecule has 3 heterocycles. The van der Waals surface area contributed by atoms with E-state index in [1.165, 1.54) is 41.9 Å². The van der Waals surface area contributed by atoms with Crippen LogP contribution in [-0.4, -0.2) is 55.1 Å². The first-order valence-corrected chi connectivity index (χ1v) is 8.74. The number of ether oxygens (including phenoxy) is 3. The molecule has 0 N–H and O–H groups in total. The van der Waals surface area contributed by atoms with Crippen LogP contribution in [0.1, 0.15) is 26.5 Å². The van der Waals surface area contributed by atoms with Crippen LogP contribution in [0.4, 0.5) is 0 Å². The molecule has 2 aromatic heterocycles. The molecule has 1 aliphatic rings. The number of esters is 2. The third-order valence-corrected chi connectivity index (χ3v) is 4.34. The van der Waals surface area contributed by atoms with E-state index >= 15 is 0 Å². The Bertz CT molecular complexity index is 899. The van der Waals surface area contributed by atoms with Gasteiger partial charge in [0.15, 0.2) is 5.82 Å². The lowest BCUT2D eigenvalue weighted by molar-refractivity contribution is -0.155. The smallest absolute Gasteiger partial charge is 0.351 e. The predicted octanol–water partition coefficient (Wildman–Crippen LogP) is 0.369. The Labute approximate surface area is 161 Å². The van der Waals surface area contributed by atoms with E-state index in [0.717, 1.165) is 0 Å². The minimum absolute atomic E-state index is 0.0931. The maximum absolute atomic E-state index is 12.5. The van der Waals surface area contributed by atoms with Gasteiger partial charge in [0.2, 0.25) is 0 Å². The van der Waals surface area contributed by atoms with E-state index in [1.807, 2.05) is 0 Å². The van der Waals surface area contributed by atoms with E-state index in [0.29, 0.717) is 4.47 Å². The standard InChI is InChI=1S/C15H16BrN5O6/c1-8(22)25-5-12-11(26-9(2)23)3-13(27-12)20-4-10(16)14(19-15(20)24)21-7-17-6-18-21/h4,6-7,11-13H,3,5H2,1-2H3/t11?,12-,13-/m1/s1. The third kappa shape index (κ3) is 4.39. The van der Waals surface area contributed by atoms with Crippen molar-refractivity contribution in [2.75, 3.05) is 6.61 Å². The Morgan fingerprint density at radius 2 is 2.15 bits per heavy atom. The number of hydrogen-bond acceptors (Lipinski definition) is 9. The highest BCUT2D eigenvalue weighted by Gasteiger charge is 2.39. The molecule has 3 rings (SSSR count). The van der Waals surface area contributed by atoms with Crippen molar-refractivity contribution >= 4 is 27.9 Å². The van der Waals surface area contributed by atoms with E-state index in [-0.39, 0.29) is 18.8 Å². The molecule has 0 bridgehead atoms. The molecule has 12 heteroatoms. The van der Waals surface area contributed by atoms with E-state index in [4.69, 9.17) is 14.2 Å². The minimum Gasteiger partial charge on any atom is -0.463 e. The van der Waals surface area contributed by atoms with Crippen molar-refractivity contribution in [3.8, 4) is 5.82 Å². The molecule has 0 aromatic carbocycles. The number of hydrogen-bond donors (Lipinski definition) is 0. The number of aromatic nitrogens is 5. The van der Waals surface area contributed by atoms with E-state index in [9.17, 15) is 14.4 Å². The summed E-state index contributed by atoms with van der Waals surface area (Å²) in [5.41, 5.74) is -0.580. The molecule has 0 spiro atoms. The van der Waals surface area contributed by atoms with Crippen molar-refractivity contribution in [3.63, 3.8) is 0 Å². The summed E-state index contributed by atoms with van der Waals surface area (Å²) in [7, 11) is 0. The van der Waals surface area contributed by atoms with Gasteiger partial charge in [-0.3, -0.25) is 14.2 Å². The van der Waals surface area contributed by atoms with Gasteiger partial charge in [-0.2, -0.15) is 10.1 Å². The van der Waals surface area contributed by atoms with Crippen molar-refractivity contribution in [1.29, 1.82) is 0 Å². The van der Waals surface area contributed by atoms with Gasteiger partial charge in [0.25, 0.3) is 0 Å². The summed E-state index contributed by atoms with van der Waals surface area (Å²) in [6.07, 6.45) is 2.36. The highest BCUT2D eigenvalue weighted by molar-refractivity contribution is 9.10. The van der Waals surface area contributed by atoms with Gasteiger partial charge >= 0.3 is 17.6 Å². The number of nitrogens with zero attached hydrogens (tertiary/aromatic N) is 5. The van der Waals surface area contributed by atoms with Crippen molar-refractivity contribution in [1.82, 2.24) is 24.3 Å². The van der Waals surface area contributed by atoms with Crippen molar-refractivity contribution in [2.45, 2.75) is 38.7 Å². The Morgan fingerprint density at radius 1 is 1.37 bits per heavy atom. The van der Waals surface area contributed by atoms with Crippen LogP contribution in [0.15, 0.2) is 28.1 Å². The maximum Gasteiger partial charge on any atom is 0.351 e. The summed E-state index contributed by atoms with van der Waals surface area (Å²) in [5.74, 6) is -0.701. The van der Waals surface area contributed by atoms with Crippen LogP contribution in [0.3, 0.4) is 0 Å². The molecule has 1 fully saturated rings. The molecule has 0 saturated carbocycles. The summed E-state index contributed by atoms with van der Waals surface area (Å²) in [6.45, 7) is 2.44. The maximum atomic E-state index is 12.5. The van der Waals surface area contributed by atoms with E-state index in [2.05, 4.69) is 31.0 Å². The average molecular weight is 442 g/mol. The second kappa shape index (κ2) is 7.96. The van der Waals surface area contributed by atoms with Crippen molar-refractivity contribution < 1.29 is 23.8 Å². The molecule has 11 nitrogen and oxygen atoms in total. The van der Waals surface area contributed by atoms with E-state index in [1.54, 1.807) is 0 Å². The molecule has 1 unspecified atom stereocenters. The van der Waals surface area contributed by atoms with Gasteiger partial charge in [-0.25, -0.2) is 14.5 Å². The molecule has 3 atom stereocenters. The molecule has 1 saturated heterocycles. The fourth-order valence-electron chi connectivity index (χ4n) is 2.68. The second-order valence-electron chi connectivity index (χ2n) is 5.76. The molecule has 0 radical (unpaired) electrons. The molecular formula is C15H16BrN5O6. The molecule has 0 amide bonds. The highest BCUT2D eigenvalue weighted by Crippen LogP contribution is 2.31. The molecular weight excluding hydrogens is 426 g/mol. The first-order chi connectivity index (χ1) is 12.8. The third-order valence-electron chi connectivity index (χ3n) is 3.78. The Hall–Kier alpha value is -2.60. The van der Waals surface area contributed by atoms with Crippen LogP contribution < -0.4 is 5.69 Å². The van der Waals surface area contributed by atoms with Crippen LogP contribution in [0.5, 0.6) is 0 Å². The monoisotopic (exact) mass is 441 g/mol. The molecule has 27 heavy (non-hydrogen) atoms. The van der Waals surface area contributed by atoms with Crippen LogP contribution >= 0.6 is 15.9 Å². The highest BCUT2D eigenvalue weighted by atomic mass is 79.9. The largest absolute Gasteiger partial charge is 0.463 e. The van der Waals surface area contributed by atoms with Crippen LogP contribution in [0, 0.1) is 0 Å². The fourth-order valence-corrected chi connectivity index (χ4v) is 3.17. The van der Waals surface area contributed by atoms with Crippen LogP contribution in [0.2, 0.25) is 0 Å². The Morgan fingerprint density at radius 3 is 2.78 bits per heavy atom. The fraction of sp³-hybridized carbons (Fsp3) is 0.467. The van der Waals surface area contributed by atoms with Gasteiger partial charge in [0.1, 0.15) is 37.7 Å². The van der Waals surface area contributed by atoms with Gasteiger partial charge < -0.3 is 14.2 Å². The SMILES string of the molecule is CC(=O)OC[C@H]1O[C@@H](n2cc(Br)c(-n3cncn3)nc2=O)CC1OC(C)=O. The quantitative estimate of drug-likeness (QED) is 0.604. The number of carbonyl (C=O) groups excluding carboxylic acids is 2. The first kappa shape index (κ1) is 19.2. The minimum atomic E-state index is -0.740. The Kier molecular flexibility index (Phi) is 5.65. The van der Waals surface area contributed by atoms with Crippen LogP contribution in [-0.2, 0) is 23.8 Å². The zero-order chi connectivity index (χ0) is 19.6. The van der Waals surface area contributed by atoms with Gasteiger partial charge in [0.05, 0.1) is 4.47 Å². The summed E-state index contributed by atoms with van der Waals surface area (Å²) < 4.78 is 19.1. The summed E-state index contributed by atoms with van der Waals surface area (Å²) in [4.78, 5) is 42.7. The van der Waals surface area contributed by atoms with Crippen LogP contribution in [0.25, 0.3) is 5.82 Å². The van der Waals surface area contributed by atoms with Gasteiger partial charge in [-0.05, 0) is 15.9 Å². The van der Waals surface area contributed by atoms with Gasteiger partial charge in [-0.15, -0.1) is 0 Å². The zero-order valence-electron chi connectivity index (χ0n) is 14.4. The predicted molar refractivity (Wildman–Crippen MR) is 91.8 cm³/mol. The first-order valence-electron chi connectivity index (χ1n) is 7.95. The van der Waals surface area contributed by atoms with E-state index < -0.39 is 36.1 Å². The number of rotatable bonds is 5. The Balaban J connectivity index is 1.85. The van der Waals surface area contributed by atoms with Gasteiger partial charge in [0, 0.05) is 26.5 Å². The average Bonchev–Trinajstić information content (AvgIpc) is 3.24. The lowest BCUT2D eigenvalue weighted by Crippen LogP contribution is -2.31. The molecule has 144 valence electrons. The summed E-state index contributed by atoms with van der Waals surface area (Å²) in [5, 5.41) is 3.94. The van der Waals surface area contributed by atoms with Gasteiger partial charge in [-0.1, -0.05) is 0 Å². The second-order valence-corrected chi connectivity index (χ2v) is 6.61. The molecule has 1 aliphatic heterocycles. The summed E-state index contributed by atoms with van der Waals surface area (Å²) in [6, 6.07) is 0. The molecule has 0 aliphatic carbocycles. The topological polar surface area (TPSA) is 127 Å². The zero-order valence-corrected chi connectivity index (χ0v) is 16.0. The number of carbonyl (C=O) groups is 2. The lowest BCUT2D eigenvalue weighted by atomic mass is 10.2. The number of halogens is 1. The lowest BCUT2D eigenvalue weighted by Gasteiger charge is -2.17. The molecule has 2 aromatic rings. The van der Waals surface area contributed by atoms with Crippen molar-refractivity contribution in [3.05, 3.63) is 33.8 Å². The summed E-state index contributed by atoms with van der Waals surface area (Å²) >= 11 is 3.35. The van der Waals surface area contributed by atoms with Crippen molar-refractivity contribution in [2.24, 2.45) is 0 Å².